The van der Waals surface area contributed by atoms with Gasteiger partial charge >= 0.3 is 0 Å². The van der Waals surface area contributed by atoms with E-state index < -0.39 is 28.5 Å². The molecule has 0 radical (unpaired) electrons. The highest BCUT2D eigenvalue weighted by molar-refractivity contribution is 7.92. The molecule has 0 bridgehead atoms. The van der Waals surface area contributed by atoms with Gasteiger partial charge in [0.15, 0.2) is 0 Å². The number of carbonyl (C=O) groups excluding carboxylic acids is 2. The minimum absolute atomic E-state index is 0.0500. The molecule has 1 N–H and O–H groups in total. The topological polar surface area (TPSA) is 86.8 Å². The first kappa shape index (κ1) is 29.6. The fourth-order valence-electron chi connectivity index (χ4n) is 3.79. The van der Waals surface area contributed by atoms with E-state index in [9.17, 15) is 18.0 Å². The van der Waals surface area contributed by atoms with Gasteiger partial charge in [0.2, 0.25) is 21.8 Å². The van der Waals surface area contributed by atoms with Crippen LogP contribution in [-0.4, -0.2) is 50.0 Å². The maximum atomic E-state index is 13.7. The molecule has 36 heavy (non-hydrogen) atoms. The molecule has 198 valence electrons. The predicted octanol–water partition coefficient (Wildman–Crippen LogP) is 4.95. The van der Waals surface area contributed by atoms with Crippen molar-refractivity contribution in [2.24, 2.45) is 0 Å². The number of nitrogens with zero attached hydrogens (tertiary/aromatic N) is 2. The number of anilines is 1. The Labute approximate surface area is 220 Å². The quantitative estimate of drug-likeness (QED) is 0.416. The number of benzene rings is 2. The molecular formula is C27H38ClN3O4S. The number of hydrogen-bond acceptors (Lipinski definition) is 4. The lowest BCUT2D eigenvalue weighted by molar-refractivity contribution is -0.140. The molecule has 0 heterocycles. The van der Waals surface area contributed by atoms with E-state index in [0.717, 1.165) is 28.1 Å². The summed E-state index contributed by atoms with van der Waals surface area (Å²) in [4.78, 5) is 28.3. The highest BCUT2D eigenvalue weighted by Gasteiger charge is 2.32. The van der Waals surface area contributed by atoms with Gasteiger partial charge in [-0.2, -0.15) is 0 Å². The Morgan fingerprint density at radius 3 is 2.00 bits per heavy atom. The molecule has 0 saturated carbocycles. The lowest BCUT2D eigenvalue weighted by Gasteiger charge is -2.33. The normalized spacial score (nSPS) is 13.2. The van der Waals surface area contributed by atoms with E-state index in [1.54, 1.807) is 36.4 Å². The lowest BCUT2D eigenvalue weighted by Crippen LogP contribution is -2.53. The second-order valence-corrected chi connectivity index (χ2v) is 11.7. The fourth-order valence-corrected chi connectivity index (χ4v) is 4.76. The molecule has 2 atom stereocenters. The van der Waals surface area contributed by atoms with Crippen LogP contribution in [0.5, 0.6) is 0 Å². The van der Waals surface area contributed by atoms with Crippen LogP contribution < -0.4 is 9.62 Å². The van der Waals surface area contributed by atoms with Gasteiger partial charge in [0, 0.05) is 17.6 Å². The predicted molar refractivity (Wildman–Crippen MR) is 147 cm³/mol. The number of nitrogens with one attached hydrogen (secondary N) is 1. The zero-order valence-corrected chi connectivity index (χ0v) is 23.6. The summed E-state index contributed by atoms with van der Waals surface area (Å²) < 4.78 is 26.5. The number of sulfonamides is 1. The third-order valence-corrected chi connectivity index (χ3v) is 7.57. The van der Waals surface area contributed by atoms with Gasteiger partial charge in [-0.1, -0.05) is 63.6 Å². The first-order chi connectivity index (χ1) is 16.9. The van der Waals surface area contributed by atoms with Crippen LogP contribution in [0, 0.1) is 0 Å². The van der Waals surface area contributed by atoms with Crippen molar-refractivity contribution in [2.75, 3.05) is 17.1 Å². The van der Waals surface area contributed by atoms with Crippen molar-refractivity contribution in [1.29, 1.82) is 0 Å². The lowest BCUT2D eigenvalue weighted by atomic mass is 10.0. The maximum absolute atomic E-state index is 13.7. The Bertz CT molecular complexity index is 1120. The number of amides is 2. The molecule has 0 spiro atoms. The zero-order valence-electron chi connectivity index (χ0n) is 22.0. The summed E-state index contributed by atoms with van der Waals surface area (Å²) in [6.07, 6.45) is 2.21. The summed E-state index contributed by atoms with van der Waals surface area (Å²) in [5, 5.41) is 3.52. The van der Waals surface area contributed by atoms with Gasteiger partial charge in [-0.3, -0.25) is 13.9 Å². The summed E-state index contributed by atoms with van der Waals surface area (Å²) in [7, 11) is -3.77. The molecule has 0 aliphatic carbocycles. The van der Waals surface area contributed by atoms with Crippen LogP contribution in [0.4, 0.5) is 5.69 Å². The van der Waals surface area contributed by atoms with Crippen molar-refractivity contribution in [3.63, 3.8) is 0 Å². The summed E-state index contributed by atoms with van der Waals surface area (Å²) >= 11 is 6.02. The van der Waals surface area contributed by atoms with Crippen LogP contribution in [0.25, 0.3) is 0 Å². The fraction of sp³-hybridized carbons (Fsp3) is 0.481. The molecule has 0 aliphatic rings. The molecule has 7 nitrogen and oxygen atoms in total. The Morgan fingerprint density at radius 1 is 0.944 bits per heavy atom. The molecule has 0 aromatic heterocycles. The Kier molecular flexibility index (Phi) is 10.8. The molecule has 2 unspecified atom stereocenters. The van der Waals surface area contributed by atoms with E-state index in [-0.39, 0.29) is 24.4 Å². The summed E-state index contributed by atoms with van der Waals surface area (Å²) in [5.41, 5.74) is 2.25. The Balaban J connectivity index is 2.42. The molecule has 2 amide bonds. The number of rotatable bonds is 12. The molecule has 2 aromatic rings. The van der Waals surface area contributed by atoms with Crippen molar-refractivity contribution in [1.82, 2.24) is 10.2 Å². The van der Waals surface area contributed by atoms with Crippen LogP contribution in [0.3, 0.4) is 0 Å². The molecule has 2 rings (SSSR count). The number of hydrogen-bond donors (Lipinski definition) is 1. The second kappa shape index (κ2) is 13.1. The van der Waals surface area contributed by atoms with Crippen molar-refractivity contribution >= 4 is 39.1 Å². The van der Waals surface area contributed by atoms with Crippen molar-refractivity contribution in [2.45, 2.75) is 72.0 Å². The average Bonchev–Trinajstić information content (AvgIpc) is 2.82. The van der Waals surface area contributed by atoms with Crippen molar-refractivity contribution in [3.05, 3.63) is 64.7 Å². The van der Waals surface area contributed by atoms with E-state index in [1.165, 1.54) is 4.90 Å². The van der Waals surface area contributed by atoms with Crippen molar-refractivity contribution < 1.29 is 18.0 Å². The molecule has 9 heteroatoms. The molecule has 2 aromatic carbocycles. The smallest absolute Gasteiger partial charge is 0.244 e. The first-order valence-electron chi connectivity index (χ1n) is 12.3. The zero-order chi connectivity index (χ0) is 27.0. The maximum Gasteiger partial charge on any atom is 0.244 e. The van der Waals surface area contributed by atoms with Gasteiger partial charge in [0.1, 0.15) is 12.6 Å². The van der Waals surface area contributed by atoms with Gasteiger partial charge in [0.25, 0.3) is 0 Å². The van der Waals surface area contributed by atoms with Crippen molar-refractivity contribution in [3.8, 4) is 0 Å². The van der Waals surface area contributed by atoms with Crippen LogP contribution in [0.1, 0.15) is 64.5 Å². The highest BCUT2D eigenvalue weighted by atomic mass is 35.5. The van der Waals surface area contributed by atoms with E-state index >= 15 is 0 Å². The molecular weight excluding hydrogens is 498 g/mol. The van der Waals surface area contributed by atoms with Gasteiger partial charge in [0.05, 0.1) is 11.9 Å². The Hall–Kier alpha value is -2.58. The Morgan fingerprint density at radius 2 is 1.53 bits per heavy atom. The summed E-state index contributed by atoms with van der Waals surface area (Å²) in [5.74, 6) is -0.438. The van der Waals surface area contributed by atoms with Gasteiger partial charge in [-0.25, -0.2) is 8.42 Å². The minimum atomic E-state index is -3.77. The van der Waals surface area contributed by atoms with Gasteiger partial charge in [-0.05, 0) is 61.1 Å². The first-order valence-corrected chi connectivity index (χ1v) is 14.5. The van der Waals surface area contributed by atoms with Crippen LogP contribution in [0.2, 0.25) is 5.02 Å². The largest absolute Gasteiger partial charge is 0.352 e. The molecule has 0 saturated heterocycles. The third kappa shape index (κ3) is 8.23. The number of halogens is 1. The number of carbonyl (C=O) groups is 2. The van der Waals surface area contributed by atoms with E-state index in [0.29, 0.717) is 17.1 Å². The summed E-state index contributed by atoms with van der Waals surface area (Å²) in [6, 6.07) is 13.4. The van der Waals surface area contributed by atoms with Gasteiger partial charge in [-0.15, -0.1) is 0 Å². The van der Waals surface area contributed by atoms with Crippen LogP contribution in [0.15, 0.2) is 48.5 Å². The molecule has 0 aliphatic heterocycles. The van der Waals surface area contributed by atoms with E-state index in [2.05, 4.69) is 19.2 Å². The average molecular weight is 536 g/mol. The monoisotopic (exact) mass is 535 g/mol. The summed E-state index contributed by atoms with van der Waals surface area (Å²) in [6.45, 7) is 9.54. The minimum Gasteiger partial charge on any atom is -0.352 e. The third-order valence-electron chi connectivity index (χ3n) is 6.18. The standard InChI is InChI=1S/C27H38ClN3O4S/c1-7-20(5)29-27(33)25(8-2)30(17-21-9-13-23(28)14-10-21)26(32)18-31(36(6,34)35)24-15-11-22(12-16-24)19(3)4/h9-16,19-20,25H,7-8,17-18H2,1-6H3,(H,29,33). The van der Waals surface area contributed by atoms with Gasteiger partial charge < -0.3 is 10.2 Å². The van der Waals surface area contributed by atoms with Crippen LogP contribution in [-0.2, 0) is 26.2 Å². The highest BCUT2D eigenvalue weighted by Crippen LogP contribution is 2.23. The van der Waals surface area contributed by atoms with Crippen LogP contribution >= 0.6 is 11.6 Å². The second-order valence-electron chi connectivity index (χ2n) is 9.41. The molecule has 0 fully saturated rings. The SMILES string of the molecule is CCC(C)NC(=O)C(CC)N(Cc1ccc(Cl)cc1)C(=O)CN(c1ccc(C(C)C)cc1)S(C)(=O)=O. The van der Waals surface area contributed by atoms with E-state index in [4.69, 9.17) is 11.6 Å². The van der Waals surface area contributed by atoms with E-state index in [1.807, 2.05) is 32.9 Å².